The van der Waals surface area contributed by atoms with Crippen LogP contribution in [0.2, 0.25) is 0 Å². The summed E-state index contributed by atoms with van der Waals surface area (Å²) in [5.41, 5.74) is 4.13. The maximum absolute atomic E-state index is 2.42. The molecule has 1 heterocycles. The Morgan fingerprint density at radius 1 is 0.581 bits per heavy atom. The lowest BCUT2D eigenvalue weighted by atomic mass is 9.84. The Labute approximate surface area is 186 Å². The molecule has 0 aliphatic rings. The van der Waals surface area contributed by atoms with Gasteiger partial charge in [0.25, 0.3) is 0 Å². The monoisotopic (exact) mass is 416 g/mol. The van der Waals surface area contributed by atoms with Crippen LogP contribution in [0, 0.1) is 0 Å². The molecule has 6 aromatic rings. The van der Waals surface area contributed by atoms with Gasteiger partial charge in [-0.1, -0.05) is 87.5 Å². The Balaban J connectivity index is 1.73. The fourth-order valence-electron chi connectivity index (χ4n) is 4.68. The molecular formula is C30H24S. The average Bonchev–Trinajstić information content (AvgIpc) is 3.16. The average molecular weight is 417 g/mol. The third kappa shape index (κ3) is 2.96. The van der Waals surface area contributed by atoms with E-state index >= 15 is 0 Å². The minimum absolute atomic E-state index is 0.0999. The number of rotatable bonds is 1. The summed E-state index contributed by atoms with van der Waals surface area (Å²) in [5.74, 6) is 0. The molecule has 31 heavy (non-hydrogen) atoms. The summed E-state index contributed by atoms with van der Waals surface area (Å²) < 4.78 is 2.73. The summed E-state index contributed by atoms with van der Waals surface area (Å²) in [4.78, 5) is 0. The zero-order chi connectivity index (χ0) is 21.2. The highest BCUT2D eigenvalue weighted by Gasteiger charge is 2.19. The lowest BCUT2D eigenvalue weighted by molar-refractivity contribution is 0.591. The molecule has 0 spiro atoms. The van der Waals surface area contributed by atoms with Gasteiger partial charge in [-0.25, -0.2) is 0 Å². The molecule has 0 nitrogen and oxygen atoms in total. The lowest BCUT2D eigenvalue weighted by Crippen LogP contribution is -2.10. The SMILES string of the molecule is CC(C)(C)c1cc(-c2ccc3ccc4ccccc4c3c2)c2c(c1)sc1ccccc12. The van der Waals surface area contributed by atoms with E-state index in [4.69, 9.17) is 0 Å². The van der Waals surface area contributed by atoms with Crippen molar-refractivity contribution in [1.29, 1.82) is 0 Å². The van der Waals surface area contributed by atoms with E-state index in [1.54, 1.807) is 0 Å². The number of hydrogen-bond acceptors (Lipinski definition) is 1. The van der Waals surface area contributed by atoms with E-state index in [1.165, 1.54) is 58.4 Å². The van der Waals surface area contributed by atoms with E-state index in [9.17, 15) is 0 Å². The first kappa shape index (κ1) is 18.6. The lowest BCUT2D eigenvalue weighted by Gasteiger charge is -2.21. The van der Waals surface area contributed by atoms with Gasteiger partial charge in [0, 0.05) is 20.2 Å². The molecule has 0 bridgehead atoms. The molecule has 150 valence electrons. The van der Waals surface area contributed by atoms with Gasteiger partial charge in [0.05, 0.1) is 0 Å². The second-order valence-corrected chi connectivity index (χ2v) is 10.6. The first-order valence-electron chi connectivity index (χ1n) is 10.9. The third-order valence-corrected chi connectivity index (χ3v) is 7.52. The van der Waals surface area contributed by atoms with Gasteiger partial charge in [0.15, 0.2) is 0 Å². The fourth-order valence-corrected chi connectivity index (χ4v) is 5.86. The quantitative estimate of drug-likeness (QED) is 0.234. The van der Waals surface area contributed by atoms with E-state index in [1.807, 2.05) is 11.3 Å². The predicted molar refractivity (Wildman–Crippen MR) is 138 cm³/mol. The Bertz CT molecular complexity index is 1610. The maximum Gasteiger partial charge on any atom is 0.0364 e. The number of fused-ring (bicyclic) bond motifs is 6. The van der Waals surface area contributed by atoms with Crippen molar-refractivity contribution < 1.29 is 0 Å². The van der Waals surface area contributed by atoms with Gasteiger partial charge >= 0.3 is 0 Å². The number of benzene rings is 5. The van der Waals surface area contributed by atoms with Crippen LogP contribution in [-0.2, 0) is 5.41 Å². The van der Waals surface area contributed by atoms with Crippen LogP contribution >= 0.6 is 11.3 Å². The second kappa shape index (κ2) is 6.67. The summed E-state index contributed by atoms with van der Waals surface area (Å²) in [6.45, 7) is 6.91. The predicted octanol–water partition coefficient (Wildman–Crippen LogP) is 9.33. The van der Waals surface area contributed by atoms with Crippen LogP contribution in [0.3, 0.4) is 0 Å². The van der Waals surface area contributed by atoms with Crippen molar-refractivity contribution >= 4 is 53.1 Å². The topological polar surface area (TPSA) is 0 Å². The Morgan fingerprint density at radius 2 is 1.26 bits per heavy atom. The summed E-state index contributed by atoms with van der Waals surface area (Å²) in [6.07, 6.45) is 0. The summed E-state index contributed by atoms with van der Waals surface area (Å²) >= 11 is 1.91. The van der Waals surface area contributed by atoms with Crippen LogP contribution in [0.5, 0.6) is 0 Å². The first-order chi connectivity index (χ1) is 15.0. The van der Waals surface area contributed by atoms with Crippen molar-refractivity contribution in [1.82, 2.24) is 0 Å². The van der Waals surface area contributed by atoms with Crippen molar-refractivity contribution in [3.05, 3.63) is 96.6 Å². The van der Waals surface area contributed by atoms with Crippen molar-refractivity contribution in [3.63, 3.8) is 0 Å². The van der Waals surface area contributed by atoms with Crippen LogP contribution in [-0.4, -0.2) is 0 Å². The molecule has 5 aromatic carbocycles. The molecule has 0 amide bonds. The first-order valence-corrected chi connectivity index (χ1v) is 11.7. The molecular weight excluding hydrogens is 392 g/mol. The van der Waals surface area contributed by atoms with Crippen LogP contribution in [0.4, 0.5) is 0 Å². The minimum Gasteiger partial charge on any atom is -0.135 e. The zero-order valence-corrected chi connectivity index (χ0v) is 18.9. The Hall–Kier alpha value is -3.16. The number of thiophene rings is 1. The van der Waals surface area contributed by atoms with Crippen molar-refractivity contribution in [2.45, 2.75) is 26.2 Å². The summed E-state index contributed by atoms with van der Waals surface area (Å²) in [7, 11) is 0. The van der Waals surface area contributed by atoms with Gasteiger partial charge in [-0.2, -0.15) is 0 Å². The smallest absolute Gasteiger partial charge is 0.0364 e. The molecule has 0 saturated carbocycles. The molecule has 0 N–H and O–H groups in total. The van der Waals surface area contributed by atoms with E-state index in [2.05, 4.69) is 112 Å². The fraction of sp³-hybridized carbons (Fsp3) is 0.133. The van der Waals surface area contributed by atoms with Gasteiger partial charge in [-0.05, 0) is 67.9 Å². The van der Waals surface area contributed by atoms with Gasteiger partial charge in [-0.15, -0.1) is 11.3 Å². The Morgan fingerprint density at radius 3 is 2.06 bits per heavy atom. The van der Waals surface area contributed by atoms with Crippen LogP contribution < -0.4 is 0 Å². The highest BCUT2D eigenvalue weighted by Crippen LogP contribution is 2.43. The normalized spacial score (nSPS) is 12.4. The minimum atomic E-state index is 0.0999. The second-order valence-electron chi connectivity index (χ2n) is 9.47. The summed E-state index contributed by atoms with van der Waals surface area (Å²) in [6, 6.07) is 33.8. The van der Waals surface area contributed by atoms with E-state index in [0.717, 1.165) is 0 Å². The molecule has 0 fully saturated rings. The van der Waals surface area contributed by atoms with Crippen LogP contribution in [0.1, 0.15) is 26.3 Å². The molecule has 0 saturated heterocycles. The summed E-state index contributed by atoms with van der Waals surface area (Å²) in [5, 5.41) is 7.97. The molecule has 1 aromatic heterocycles. The van der Waals surface area contributed by atoms with Gasteiger partial charge in [-0.3, -0.25) is 0 Å². The molecule has 0 radical (unpaired) electrons. The maximum atomic E-state index is 2.42. The molecule has 0 unspecified atom stereocenters. The number of hydrogen-bond donors (Lipinski definition) is 0. The van der Waals surface area contributed by atoms with Crippen LogP contribution in [0.15, 0.2) is 91.0 Å². The molecule has 0 aliphatic heterocycles. The van der Waals surface area contributed by atoms with E-state index in [0.29, 0.717) is 0 Å². The molecule has 1 heteroatoms. The highest BCUT2D eigenvalue weighted by molar-refractivity contribution is 7.26. The standard InChI is InChI=1S/C30H24S/c1-30(2,3)22-17-26(29-24-10-6-7-11-27(24)31-28(29)18-22)21-15-14-20-13-12-19-8-4-5-9-23(19)25(20)16-21/h4-18H,1-3H3. The molecule has 6 rings (SSSR count). The van der Waals surface area contributed by atoms with Gasteiger partial charge in [0.2, 0.25) is 0 Å². The molecule has 0 atom stereocenters. The van der Waals surface area contributed by atoms with E-state index in [-0.39, 0.29) is 5.41 Å². The van der Waals surface area contributed by atoms with Crippen molar-refractivity contribution in [3.8, 4) is 11.1 Å². The van der Waals surface area contributed by atoms with Crippen molar-refractivity contribution in [2.75, 3.05) is 0 Å². The van der Waals surface area contributed by atoms with Gasteiger partial charge < -0.3 is 0 Å². The highest BCUT2D eigenvalue weighted by atomic mass is 32.1. The van der Waals surface area contributed by atoms with Crippen molar-refractivity contribution in [2.24, 2.45) is 0 Å². The third-order valence-electron chi connectivity index (χ3n) is 6.40. The van der Waals surface area contributed by atoms with Crippen LogP contribution in [0.25, 0.3) is 52.8 Å². The molecule has 0 aliphatic carbocycles. The van der Waals surface area contributed by atoms with E-state index < -0.39 is 0 Å². The zero-order valence-electron chi connectivity index (χ0n) is 18.1. The Kier molecular flexibility index (Phi) is 4.00. The van der Waals surface area contributed by atoms with Gasteiger partial charge in [0.1, 0.15) is 0 Å². The largest absolute Gasteiger partial charge is 0.135 e.